The Labute approximate surface area is 167 Å². The molecule has 1 aromatic rings. The summed E-state index contributed by atoms with van der Waals surface area (Å²) in [7, 11) is 0. The number of amides is 2. The third-order valence-corrected chi connectivity index (χ3v) is 5.03. The highest BCUT2D eigenvalue weighted by molar-refractivity contribution is 8.26. The number of thioether (sulfide) groups is 1. The highest BCUT2D eigenvalue weighted by Crippen LogP contribution is 2.32. The Hall–Kier alpha value is -2.45. The Balaban J connectivity index is 1.91. The molecule has 0 bridgehead atoms. The largest absolute Gasteiger partial charge is 0.480 e. The van der Waals surface area contributed by atoms with Crippen molar-refractivity contribution >= 4 is 52.2 Å². The SMILES string of the molecule is CC(/C=C1\SC(=S)N(CCCC(=O)NCC(=O)O)C1=O)=C\c1ccccc1. The van der Waals surface area contributed by atoms with Crippen LogP contribution in [0.2, 0.25) is 0 Å². The van der Waals surface area contributed by atoms with Gasteiger partial charge < -0.3 is 10.4 Å². The number of aliphatic carboxylic acids is 1. The minimum Gasteiger partial charge on any atom is -0.480 e. The molecule has 0 radical (unpaired) electrons. The first-order valence-corrected chi connectivity index (χ1v) is 9.56. The summed E-state index contributed by atoms with van der Waals surface area (Å²) in [6.45, 7) is 1.84. The average molecular weight is 405 g/mol. The average Bonchev–Trinajstić information content (AvgIpc) is 2.88. The lowest BCUT2D eigenvalue weighted by atomic mass is 10.1. The Morgan fingerprint density at radius 3 is 2.67 bits per heavy atom. The first kappa shape index (κ1) is 20.9. The number of allylic oxidation sites excluding steroid dienone is 2. The summed E-state index contributed by atoms with van der Waals surface area (Å²) in [5, 5.41) is 10.8. The molecule has 0 aromatic heterocycles. The van der Waals surface area contributed by atoms with E-state index in [1.807, 2.05) is 49.4 Å². The Kier molecular flexibility index (Phi) is 7.75. The fraction of sp³-hybridized carbons (Fsp3) is 0.263. The van der Waals surface area contributed by atoms with Crippen molar-refractivity contribution in [2.24, 2.45) is 0 Å². The number of thiocarbonyl (C=S) groups is 1. The molecule has 0 spiro atoms. The maximum atomic E-state index is 12.5. The van der Waals surface area contributed by atoms with Crippen molar-refractivity contribution in [3.05, 3.63) is 52.4 Å². The van der Waals surface area contributed by atoms with Crippen LogP contribution >= 0.6 is 24.0 Å². The topological polar surface area (TPSA) is 86.7 Å². The highest BCUT2D eigenvalue weighted by Gasteiger charge is 2.31. The third-order valence-electron chi connectivity index (χ3n) is 3.65. The Bertz CT molecular complexity index is 803. The molecule has 1 heterocycles. The van der Waals surface area contributed by atoms with Crippen LogP contribution in [0.1, 0.15) is 25.3 Å². The van der Waals surface area contributed by atoms with Gasteiger partial charge in [0.05, 0.1) is 4.91 Å². The van der Waals surface area contributed by atoms with E-state index in [1.165, 1.54) is 16.7 Å². The van der Waals surface area contributed by atoms with Gasteiger partial charge in [-0.15, -0.1) is 0 Å². The van der Waals surface area contributed by atoms with Gasteiger partial charge >= 0.3 is 5.97 Å². The summed E-state index contributed by atoms with van der Waals surface area (Å²) < 4.78 is 0.463. The van der Waals surface area contributed by atoms with Crippen LogP contribution in [0.15, 0.2) is 46.9 Å². The van der Waals surface area contributed by atoms with Crippen molar-refractivity contribution in [2.75, 3.05) is 13.1 Å². The molecule has 142 valence electrons. The molecule has 1 fully saturated rings. The zero-order chi connectivity index (χ0) is 19.8. The molecule has 2 amide bonds. The monoisotopic (exact) mass is 404 g/mol. The van der Waals surface area contributed by atoms with E-state index in [0.717, 1.165) is 11.1 Å². The number of nitrogens with zero attached hydrogens (tertiary/aromatic N) is 1. The van der Waals surface area contributed by atoms with Gasteiger partial charge in [0, 0.05) is 13.0 Å². The fourth-order valence-corrected chi connectivity index (χ4v) is 3.77. The van der Waals surface area contributed by atoms with Crippen molar-refractivity contribution in [3.63, 3.8) is 0 Å². The molecular weight excluding hydrogens is 384 g/mol. The van der Waals surface area contributed by atoms with Crippen molar-refractivity contribution in [2.45, 2.75) is 19.8 Å². The van der Waals surface area contributed by atoms with Gasteiger partial charge in [-0.05, 0) is 30.6 Å². The molecule has 2 N–H and O–H groups in total. The summed E-state index contributed by atoms with van der Waals surface area (Å²) >= 11 is 6.51. The maximum Gasteiger partial charge on any atom is 0.322 e. The van der Waals surface area contributed by atoms with Gasteiger partial charge in [-0.3, -0.25) is 19.3 Å². The highest BCUT2D eigenvalue weighted by atomic mass is 32.2. The number of carbonyl (C=O) groups excluding carboxylic acids is 2. The molecule has 27 heavy (non-hydrogen) atoms. The van der Waals surface area contributed by atoms with Crippen molar-refractivity contribution in [3.8, 4) is 0 Å². The summed E-state index contributed by atoms with van der Waals surface area (Å²) in [5.41, 5.74) is 1.99. The van der Waals surface area contributed by atoms with Crippen LogP contribution in [-0.2, 0) is 14.4 Å². The van der Waals surface area contributed by atoms with Gasteiger partial charge in [0.15, 0.2) is 0 Å². The molecule has 1 aliphatic rings. The molecule has 0 atom stereocenters. The molecule has 0 aliphatic carbocycles. The standard InChI is InChI=1S/C19H20N2O4S2/c1-13(10-14-6-3-2-4-7-14)11-15-18(25)21(19(26)27-15)9-5-8-16(22)20-12-17(23)24/h2-4,6-7,10-11H,5,8-9,12H2,1H3,(H,20,22)(H,23,24)/b13-10+,15-11-. The molecule has 8 heteroatoms. The Morgan fingerprint density at radius 1 is 1.30 bits per heavy atom. The lowest BCUT2D eigenvalue weighted by Crippen LogP contribution is -2.32. The lowest BCUT2D eigenvalue weighted by Gasteiger charge is -2.13. The van der Waals surface area contributed by atoms with Crippen molar-refractivity contribution < 1.29 is 19.5 Å². The molecule has 2 rings (SSSR count). The summed E-state index contributed by atoms with van der Waals surface area (Å²) in [6, 6.07) is 9.81. The van der Waals surface area contributed by atoms with Gasteiger partial charge in [0.2, 0.25) is 5.91 Å². The van der Waals surface area contributed by atoms with Crippen LogP contribution in [0.5, 0.6) is 0 Å². The smallest absolute Gasteiger partial charge is 0.322 e. The normalized spacial score (nSPS) is 16.1. The molecule has 1 aromatic carbocycles. The van der Waals surface area contributed by atoms with E-state index >= 15 is 0 Å². The lowest BCUT2D eigenvalue weighted by molar-refractivity contribution is -0.137. The van der Waals surface area contributed by atoms with E-state index in [4.69, 9.17) is 17.3 Å². The number of carboxylic acid groups (broad SMARTS) is 1. The van der Waals surface area contributed by atoms with Crippen LogP contribution < -0.4 is 5.32 Å². The number of carbonyl (C=O) groups is 3. The zero-order valence-corrected chi connectivity index (χ0v) is 16.4. The van der Waals surface area contributed by atoms with Gasteiger partial charge in [0.1, 0.15) is 10.9 Å². The summed E-state index contributed by atoms with van der Waals surface area (Å²) in [4.78, 5) is 36.5. The van der Waals surface area contributed by atoms with Crippen LogP contribution in [-0.4, -0.2) is 45.2 Å². The third kappa shape index (κ3) is 6.65. The molecular formula is C19H20N2O4S2. The predicted molar refractivity (Wildman–Crippen MR) is 110 cm³/mol. The van der Waals surface area contributed by atoms with Crippen LogP contribution in [0.25, 0.3) is 6.08 Å². The maximum absolute atomic E-state index is 12.5. The Morgan fingerprint density at radius 2 is 2.00 bits per heavy atom. The first-order chi connectivity index (χ1) is 12.9. The fourth-order valence-electron chi connectivity index (χ4n) is 2.41. The van der Waals surface area contributed by atoms with E-state index in [0.29, 0.717) is 22.2 Å². The first-order valence-electron chi connectivity index (χ1n) is 8.34. The second-order valence-corrected chi connectivity index (χ2v) is 7.58. The van der Waals surface area contributed by atoms with Crippen molar-refractivity contribution in [1.82, 2.24) is 10.2 Å². The summed E-state index contributed by atoms with van der Waals surface area (Å²) in [6.07, 6.45) is 4.34. The van der Waals surface area contributed by atoms with Gasteiger partial charge in [-0.2, -0.15) is 0 Å². The van der Waals surface area contributed by atoms with Gasteiger partial charge in [-0.1, -0.05) is 60.4 Å². The van der Waals surface area contributed by atoms with E-state index in [1.54, 1.807) is 0 Å². The number of rotatable bonds is 8. The number of hydrogen-bond acceptors (Lipinski definition) is 5. The van der Waals surface area contributed by atoms with Gasteiger partial charge in [-0.25, -0.2) is 0 Å². The molecule has 6 nitrogen and oxygen atoms in total. The second kappa shape index (κ2) is 10.0. The summed E-state index contributed by atoms with van der Waals surface area (Å²) in [5.74, 6) is -1.62. The minimum atomic E-state index is -1.09. The van der Waals surface area contributed by atoms with Gasteiger partial charge in [0.25, 0.3) is 5.91 Å². The quantitative estimate of drug-likeness (QED) is 0.512. The van der Waals surface area contributed by atoms with Crippen LogP contribution in [0, 0.1) is 0 Å². The molecule has 0 unspecified atom stereocenters. The van der Waals surface area contributed by atoms with E-state index in [9.17, 15) is 14.4 Å². The van der Waals surface area contributed by atoms with E-state index in [-0.39, 0.29) is 18.2 Å². The predicted octanol–water partition coefficient (Wildman–Crippen LogP) is 2.82. The van der Waals surface area contributed by atoms with E-state index < -0.39 is 12.5 Å². The number of carboxylic acids is 1. The zero-order valence-electron chi connectivity index (χ0n) is 14.8. The van der Waals surface area contributed by atoms with Crippen LogP contribution in [0.3, 0.4) is 0 Å². The number of benzene rings is 1. The number of hydrogen-bond donors (Lipinski definition) is 2. The molecule has 1 aliphatic heterocycles. The van der Waals surface area contributed by atoms with Crippen molar-refractivity contribution in [1.29, 1.82) is 0 Å². The van der Waals surface area contributed by atoms with Crippen LogP contribution in [0.4, 0.5) is 0 Å². The minimum absolute atomic E-state index is 0.135. The van der Waals surface area contributed by atoms with E-state index in [2.05, 4.69) is 5.32 Å². The second-order valence-electron chi connectivity index (χ2n) is 5.91. The molecule has 1 saturated heterocycles. The number of nitrogens with one attached hydrogen (secondary N) is 1. The molecule has 0 saturated carbocycles.